The van der Waals surface area contributed by atoms with Gasteiger partial charge in [-0.2, -0.15) is 8.78 Å². The van der Waals surface area contributed by atoms with Crippen molar-refractivity contribution in [1.29, 1.82) is 0 Å². The quantitative estimate of drug-likeness (QED) is 0.426. The Kier molecular flexibility index (Phi) is 4.46. The minimum Gasteiger partial charge on any atom is -0.390 e. The highest BCUT2D eigenvalue weighted by Gasteiger charge is 2.54. The van der Waals surface area contributed by atoms with Crippen molar-refractivity contribution < 1.29 is 33.3 Å². The van der Waals surface area contributed by atoms with E-state index in [9.17, 15) is 13.9 Å². The molecule has 0 aromatic rings. The zero-order valence-electron chi connectivity index (χ0n) is 11.5. The molecule has 0 radical (unpaired) electrons. The lowest BCUT2D eigenvalue weighted by atomic mass is 9.50. The van der Waals surface area contributed by atoms with E-state index in [0.29, 0.717) is 17.8 Å². The molecule has 5 nitrogen and oxygen atoms in total. The number of ether oxygens (including phenoxy) is 1. The van der Waals surface area contributed by atoms with Crippen LogP contribution in [0.25, 0.3) is 0 Å². The summed E-state index contributed by atoms with van der Waals surface area (Å²) in [6.45, 7) is -0.501. The Bertz CT molecular complexity index is 368. The smallest absolute Gasteiger partial charge is 0.343 e. The van der Waals surface area contributed by atoms with Gasteiger partial charge in [0.1, 0.15) is 18.6 Å². The van der Waals surface area contributed by atoms with Crippen molar-refractivity contribution in [3.8, 4) is 0 Å². The third-order valence-corrected chi connectivity index (χ3v) is 5.69. The van der Waals surface area contributed by atoms with Crippen LogP contribution in [0.1, 0.15) is 32.1 Å². The van der Waals surface area contributed by atoms with Crippen LogP contribution in [0.15, 0.2) is 0 Å². The first-order valence-electron chi connectivity index (χ1n) is 7.25. The molecule has 122 valence electrons. The van der Waals surface area contributed by atoms with E-state index in [0.717, 1.165) is 32.1 Å². The number of hydrogen-bond acceptors (Lipinski definition) is 6. The summed E-state index contributed by atoms with van der Waals surface area (Å²) in [4.78, 5) is 0. The van der Waals surface area contributed by atoms with Crippen LogP contribution in [-0.2, 0) is 14.1 Å². The average molecular weight is 326 g/mol. The molecular weight excluding hydrogens is 306 g/mol. The topological polar surface area (TPSA) is 68.2 Å². The molecule has 0 saturated heterocycles. The summed E-state index contributed by atoms with van der Waals surface area (Å²) in [6.07, 6.45) is 4.63. The highest BCUT2D eigenvalue weighted by Crippen LogP contribution is 2.58. The Hall–Kier alpha value is 0.01000. The highest BCUT2D eigenvalue weighted by atomic mass is 32.2. The summed E-state index contributed by atoms with van der Waals surface area (Å²) < 4.78 is 35.5. The van der Waals surface area contributed by atoms with E-state index >= 15 is 0 Å². The number of halogens is 2. The fraction of sp³-hybridized carbons (Fsp3) is 1.00. The van der Waals surface area contributed by atoms with Crippen molar-refractivity contribution in [2.45, 2.75) is 43.0 Å². The molecule has 0 amide bonds. The van der Waals surface area contributed by atoms with Crippen molar-refractivity contribution in [3.05, 3.63) is 0 Å². The van der Waals surface area contributed by atoms with Crippen LogP contribution in [0.2, 0.25) is 0 Å². The van der Waals surface area contributed by atoms with Crippen molar-refractivity contribution in [1.82, 2.24) is 0 Å². The third kappa shape index (κ3) is 3.51. The zero-order valence-corrected chi connectivity index (χ0v) is 12.4. The van der Waals surface area contributed by atoms with Gasteiger partial charge in [0.25, 0.3) is 0 Å². The van der Waals surface area contributed by atoms with Gasteiger partial charge < -0.3 is 9.84 Å². The van der Waals surface area contributed by atoms with Crippen molar-refractivity contribution >= 4 is 12.0 Å². The molecule has 4 aliphatic carbocycles. The molecular formula is C13H20F2O5S. The summed E-state index contributed by atoms with van der Waals surface area (Å²) in [7, 11) is 0. The molecule has 4 rings (SSSR count). The molecule has 4 aliphatic rings. The van der Waals surface area contributed by atoms with E-state index in [1.165, 1.54) is 0 Å². The lowest BCUT2D eigenvalue weighted by molar-refractivity contribution is -0.433. The molecule has 8 heteroatoms. The summed E-state index contributed by atoms with van der Waals surface area (Å²) in [6, 6.07) is 0. The first-order chi connectivity index (χ1) is 9.91. The Balaban J connectivity index is 1.48. The van der Waals surface area contributed by atoms with Crippen molar-refractivity contribution in [2.75, 3.05) is 13.2 Å². The summed E-state index contributed by atoms with van der Waals surface area (Å²) in [5, 5.41) is 18.2. The first kappa shape index (κ1) is 15.9. The molecule has 0 aromatic carbocycles. The van der Waals surface area contributed by atoms with Gasteiger partial charge in [-0.1, -0.05) is 5.04 Å². The van der Waals surface area contributed by atoms with Crippen LogP contribution in [-0.4, -0.2) is 34.4 Å². The number of alkyl halides is 2. The second-order valence-corrected chi connectivity index (χ2v) is 7.64. The Labute approximate surface area is 126 Å². The van der Waals surface area contributed by atoms with Gasteiger partial charge in [0, 0.05) is 0 Å². The van der Waals surface area contributed by atoms with Crippen molar-refractivity contribution in [3.63, 3.8) is 0 Å². The van der Waals surface area contributed by atoms with Crippen LogP contribution >= 0.6 is 12.0 Å². The third-order valence-electron chi connectivity index (χ3n) is 5.20. The zero-order chi connectivity index (χ0) is 15.1. The van der Waals surface area contributed by atoms with Crippen LogP contribution < -0.4 is 0 Å². The maximum absolute atomic E-state index is 13.3. The fourth-order valence-corrected chi connectivity index (χ4v) is 5.02. The van der Waals surface area contributed by atoms with Gasteiger partial charge in [-0.3, -0.25) is 0 Å². The minimum atomic E-state index is -3.27. The molecule has 2 atom stereocenters. The molecule has 2 unspecified atom stereocenters. The highest BCUT2D eigenvalue weighted by molar-refractivity contribution is 7.95. The largest absolute Gasteiger partial charge is 0.390 e. The monoisotopic (exact) mass is 326 g/mol. The molecule has 0 spiro atoms. The van der Waals surface area contributed by atoms with Crippen LogP contribution in [0.3, 0.4) is 0 Å². The van der Waals surface area contributed by atoms with E-state index in [1.54, 1.807) is 0 Å². The predicted molar refractivity (Wildman–Crippen MR) is 70.2 cm³/mol. The van der Waals surface area contributed by atoms with Gasteiger partial charge in [-0.05, 0) is 55.8 Å². The lowest BCUT2D eigenvalue weighted by Gasteiger charge is -2.58. The molecule has 4 bridgehead atoms. The Morgan fingerprint density at radius 1 is 1.19 bits per heavy atom. The van der Waals surface area contributed by atoms with Gasteiger partial charge in [-0.15, -0.1) is 4.33 Å². The standard InChI is InChI=1S/C13H20F2O5S/c14-13(15,21-20-19-17)7-18-6-11-9-1-8-2-10(11)5-12(16,3-8)4-9/h8-11,16-17H,1-7H2. The first-order valence-corrected chi connectivity index (χ1v) is 7.99. The Morgan fingerprint density at radius 3 is 2.43 bits per heavy atom. The Morgan fingerprint density at radius 2 is 1.86 bits per heavy atom. The average Bonchev–Trinajstić information content (AvgIpc) is 2.38. The minimum absolute atomic E-state index is 0.262. The number of hydrogen-bond donors (Lipinski definition) is 2. The molecule has 4 saturated carbocycles. The maximum Gasteiger partial charge on any atom is 0.343 e. The van der Waals surface area contributed by atoms with Gasteiger partial charge in [0.05, 0.1) is 12.2 Å². The van der Waals surface area contributed by atoms with E-state index in [1.807, 2.05) is 0 Å². The molecule has 21 heavy (non-hydrogen) atoms. The predicted octanol–water partition coefficient (Wildman–Crippen LogP) is 2.85. The van der Waals surface area contributed by atoms with Crippen LogP contribution in [0.5, 0.6) is 0 Å². The molecule has 0 aromatic heterocycles. The fourth-order valence-electron chi connectivity index (χ4n) is 4.76. The maximum atomic E-state index is 13.3. The van der Waals surface area contributed by atoms with E-state index < -0.39 is 17.5 Å². The second kappa shape index (κ2) is 5.90. The summed E-state index contributed by atoms with van der Waals surface area (Å²) >= 11 is -0.277. The van der Waals surface area contributed by atoms with Crippen LogP contribution in [0.4, 0.5) is 8.78 Å². The number of rotatable bonds is 7. The van der Waals surface area contributed by atoms with E-state index in [-0.39, 0.29) is 24.6 Å². The second-order valence-electron chi connectivity index (χ2n) is 6.74. The van der Waals surface area contributed by atoms with Gasteiger partial charge >= 0.3 is 5.25 Å². The molecule has 2 N–H and O–H groups in total. The normalized spacial score (nSPS) is 41.7. The molecule has 4 fully saturated rings. The van der Waals surface area contributed by atoms with Gasteiger partial charge in [-0.25, -0.2) is 5.26 Å². The van der Waals surface area contributed by atoms with Crippen molar-refractivity contribution in [2.24, 2.45) is 23.7 Å². The SMILES string of the molecule is OOOSC(F)(F)COCC1C2CC3CC1CC(O)(C3)C2. The summed E-state index contributed by atoms with van der Waals surface area (Å²) in [5.74, 6) is 1.63. The molecule has 0 aliphatic heterocycles. The van der Waals surface area contributed by atoms with E-state index in [2.05, 4.69) is 9.37 Å². The number of aliphatic hydroxyl groups is 1. The summed E-state index contributed by atoms with van der Waals surface area (Å²) in [5.41, 5.74) is -0.515. The van der Waals surface area contributed by atoms with Crippen LogP contribution in [0, 0.1) is 23.7 Å². The molecule has 0 heterocycles. The van der Waals surface area contributed by atoms with E-state index in [4.69, 9.17) is 9.99 Å². The lowest BCUT2D eigenvalue weighted by Crippen LogP contribution is -2.55. The van der Waals surface area contributed by atoms with Gasteiger partial charge in [0.2, 0.25) is 0 Å². The van der Waals surface area contributed by atoms with Gasteiger partial charge in [0.15, 0.2) is 0 Å².